The second-order valence-electron chi connectivity index (χ2n) is 5.15. The highest BCUT2D eigenvalue weighted by Gasteiger charge is 2.18. The largest absolute Gasteiger partial charge is 0.497 e. The van der Waals surface area contributed by atoms with E-state index in [2.05, 4.69) is 21.2 Å². The van der Waals surface area contributed by atoms with Gasteiger partial charge in [-0.1, -0.05) is 0 Å². The Hall–Kier alpha value is -2.21. The van der Waals surface area contributed by atoms with Gasteiger partial charge in [0.15, 0.2) is 0 Å². The third kappa shape index (κ3) is 4.00. The smallest absolute Gasteiger partial charge is 0.253 e. The molecule has 5 nitrogen and oxygen atoms in total. The normalized spacial score (nSPS) is 11.5. The molecule has 0 bridgehead atoms. The van der Waals surface area contributed by atoms with Crippen molar-refractivity contribution in [2.24, 2.45) is 0 Å². The molecule has 24 heavy (non-hydrogen) atoms. The SMILES string of the molecule is COc1ccc(Br)c(C(=O)NC(C)c2cc(OC)ccc2OC)c1. The van der Waals surface area contributed by atoms with Gasteiger partial charge in [-0.05, 0) is 59.3 Å². The van der Waals surface area contributed by atoms with Crippen LogP contribution >= 0.6 is 15.9 Å². The molecule has 0 saturated carbocycles. The Morgan fingerprint density at radius 2 is 1.62 bits per heavy atom. The lowest BCUT2D eigenvalue weighted by Gasteiger charge is -2.19. The molecule has 0 saturated heterocycles. The van der Waals surface area contributed by atoms with Gasteiger partial charge in [-0.2, -0.15) is 0 Å². The number of hydrogen-bond acceptors (Lipinski definition) is 4. The average molecular weight is 394 g/mol. The highest BCUT2D eigenvalue weighted by atomic mass is 79.9. The molecule has 0 spiro atoms. The average Bonchev–Trinajstić information content (AvgIpc) is 2.61. The molecule has 0 fully saturated rings. The maximum absolute atomic E-state index is 12.6. The fourth-order valence-electron chi connectivity index (χ4n) is 2.34. The predicted molar refractivity (Wildman–Crippen MR) is 96.1 cm³/mol. The Morgan fingerprint density at radius 3 is 2.25 bits per heavy atom. The van der Waals surface area contributed by atoms with Crippen molar-refractivity contribution in [3.63, 3.8) is 0 Å². The summed E-state index contributed by atoms with van der Waals surface area (Å²) in [4.78, 5) is 12.6. The van der Waals surface area contributed by atoms with E-state index in [0.717, 1.165) is 5.56 Å². The Morgan fingerprint density at radius 1 is 1.00 bits per heavy atom. The number of carbonyl (C=O) groups excluding carboxylic acids is 1. The maximum atomic E-state index is 12.6. The summed E-state index contributed by atoms with van der Waals surface area (Å²) in [6.07, 6.45) is 0. The number of ether oxygens (including phenoxy) is 3. The van der Waals surface area contributed by atoms with E-state index in [-0.39, 0.29) is 11.9 Å². The Kier molecular flexibility index (Phi) is 6.09. The van der Waals surface area contributed by atoms with Gasteiger partial charge < -0.3 is 19.5 Å². The van der Waals surface area contributed by atoms with Gasteiger partial charge >= 0.3 is 0 Å². The minimum absolute atomic E-state index is 0.210. The molecule has 0 heterocycles. The van der Waals surface area contributed by atoms with Crippen LogP contribution in [0.3, 0.4) is 0 Å². The number of nitrogens with one attached hydrogen (secondary N) is 1. The van der Waals surface area contributed by atoms with Crippen molar-refractivity contribution >= 4 is 21.8 Å². The standard InChI is InChI=1S/C18H20BrNO4/c1-11(14-9-13(23-3)6-8-17(14)24-4)20-18(21)15-10-12(22-2)5-7-16(15)19/h5-11H,1-4H3,(H,20,21). The molecule has 2 aromatic carbocycles. The summed E-state index contributed by atoms with van der Waals surface area (Å²) < 4.78 is 16.5. The molecule has 0 radical (unpaired) electrons. The fourth-order valence-corrected chi connectivity index (χ4v) is 2.76. The number of amides is 1. The van der Waals surface area contributed by atoms with Crippen molar-refractivity contribution in [1.82, 2.24) is 5.32 Å². The zero-order valence-corrected chi connectivity index (χ0v) is 15.6. The first-order valence-electron chi connectivity index (χ1n) is 7.36. The summed E-state index contributed by atoms with van der Waals surface area (Å²) in [5.41, 5.74) is 1.34. The second kappa shape index (κ2) is 8.06. The molecule has 0 aliphatic rings. The van der Waals surface area contributed by atoms with Gasteiger partial charge in [-0.15, -0.1) is 0 Å². The number of rotatable bonds is 6. The van der Waals surface area contributed by atoms with E-state index in [4.69, 9.17) is 14.2 Å². The molecule has 1 N–H and O–H groups in total. The number of methoxy groups -OCH3 is 3. The van der Waals surface area contributed by atoms with Crippen molar-refractivity contribution in [3.8, 4) is 17.2 Å². The van der Waals surface area contributed by atoms with Crippen LogP contribution in [-0.4, -0.2) is 27.2 Å². The van der Waals surface area contributed by atoms with Crippen molar-refractivity contribution in [3.05, 3.63) is 52.0 Å². The monoisotopic (exact) mass is 393 g/mol. The number of halogens is 1. The summed E-state index contributed by atoms with van der Waals surface area (Å²) in [6.45, 7) is 1.89. The van der Waals surface area contributed by atoms with E-state index < -0.39 is 0 Å². The Bertz CT molecular complexity index is 733. The fraction of sp³-hybridized carbons (Fsp3) is 0.278. The second-order valence-corrected chi connectivity index (χ2v) is 6.00. The highest BCUT2D eigenvalue weighted by molar-refractivity contribution is 9.10. The minimum Gasteiger partial charge on any atom is -0.497 e. The van der Waals surface area contributed by atoms with E-state index >= 15 is 0 Å². The topological polar surface area (TPSA) is 56.8 Å². The molecule has 2 rings (SSSR count). The molecular weight excluding hydrogens is 374 g/mol. The van der Waals surface area contributed by atoms with Crippen LogP contribution in [0.25, 0.3) is 0 Å². The van der Waals surface area contributed by atoms with Crippen LogP contribution in [0.1, 0.15) is 28.9 Å². The molecule has 128 valence electrons. The van der Waals surface area contributed by atoms with Crippen LogP contribution in [-0.2, 0) is 0 Å². The van der Waals surface area contributed by atoms with Crippen LogP contribution in [0.2, 0.25) is 0 Å². The van der Waals surface area contributed by atoms with Crippen LogP contribution < -0.4 is 19.5 Å². The van der Waals surface area contributed by atoms with Crippen molar-refractivity contribution in [1.29, 1.82) is 0 Å². The highest BCUT2D eigenvalue weighted by Crippen LogP contribution is 2.30. The molecule has 1 atom stereocenters. The molecule has 6 heteroatoms. The molecule has 2 aromatic rings. The first-order valence-corrected chi connectivity index (χ1v) is 8.15. The zero-order chi connectivity index (χ0) is 17.7. The number of benzene rings is 2. The van der Waals surface area contributed by atoms with Crippen molar-refractivity contribution < 1.29 is 19.0 Å². The quantitative estimate of drug-likeness (QED) is 0.806. The zero-order valence-electron chi connectivity index (χ0n) is 14.1. The van der Waals surface area contributed by atoms with Gasteiger partial charge in [0.25, 0.3) is 5.91 Å². The molecule has 1 amide bonds. The maximum Gasteiger partial charge on any atom is 0.253 e. The summed E-state index contributed by atoms with van der Waals surface area (Å²) >= 11 is 3.40. The number of hydrogen-bond donors (Lipinski definition) is 1. The Balaban J connectivity index is 2.26. The summed E-state index contributed by atoms with van der Waals surface area (Å²) in [5, 5.41) is 2.97. The van der Waals surface area contributed by atoms with E-state index in [1.54, 1.807) is 39.5 Å². The van der Waals surface area contributed by atoms with Gasteiger partial charge in [0.2, 0.25) is 0 Å². The van der Waals surface area contributed by atoms with Gasteiger partial charge in [0.05, 0.1) is 32.9 Å². The third-order valence-corrected chi connectivity index (χ3v) is 4.36. The number of carbonyl (C=O) groups is 1. The lowest BCUT2D eigenvalue weighted by atomic mass is 10.1. The van der Waals surface area contributed by atoms with Crippen molar-refractivity contribution in [2.75, 3.05) is 21.3 Å². The van der Waals surface area contributed by atoms with Crippen LogP contribution in [0.5, 0.6) is 17.2 Å². The van der Waals surface area contributed by atoms with Gasteiger partial charge in [0, 0.05) is 10.0 Å². The molecule has 0 aliphatic carbocycles. The van der Waals surface area contributed by atoms with E-state index in [1.807, 2.05) is 25.1 Å². The van der Waals surface area contributed by atoms with Gasteiger partial charge in [0.1, 0.15) is 17.2 Å². The lowest BCUT2D eigenvalue weighted by molar-refractivity contribution is 0.0938. The molecule has 0 aliphatic heterocycles. The lowest BCUT2D eigenvalue weighted by Crippen LogP contribution is -2.27. The first kappa shape index (κ1) is 18.1. The molecule has 1 unspecified atom stereocenters. The predicted octanol–water partition coefficient (Wildman–Crippen LogP) is 3.97. The van der Waals surface area contributed by atoms with E-state index in [0.29, 0.717) is 27.3 Å². The molecular formula is C18H20BrNO4. The van der Waals surface area contributed by atoms with E-state index in [1.165, 1.54) is 0 Å². The van der Waals surface area contributed by atoms with Crippen LogP contribution in [0.15, 0.2) is 40.9 Å². The Labute approximate surface area is 150 Å². The van der Waals surface area contributed by atoms with Gasteiger partial charge in [-0.25, -0.2) is 0 Å². The van der Waals surface area contributed by atoms with E-state index in [9.17, 15) is 4.79 Å². The third-order valence-electron chi connectivity index (χ3n) is 3.67. The first-order chi connectivity index (χ1) is 11.5. The summed E-state index contributed by atoms with van der Waals surface area (Å²) in [5.74, 6) is 1.80. The van der Waals surface area contributed by atoms with Crippen LogP contribution in [0.4, 0.5) is 0 Å². The van der Waals surface area contributed by atoms with Crippen LogP contribution in [0, 0.1) is 0 Å². The van der Waals surface area contributed by atoms with Gasteiger partial charge in [-0.3, -0.25) is 4.79 Å². The minimum atomic E-state index is -0.263. The molecule has 0 aromatic heterocycles. The van der Waals surface area contributed by atoms with Crippen molar-refractivity contribution in [2.45, 2.75) is 13.0 Å². The summed E-state index contributed by atoms with van der Waals surface area (Å²) in [6, 6.07) is 10.5. The summed E-state index contributed by atoms with van der Waals surface area (Å²) in [7, 11) is 4.76.